The quantitative estimate of drug-likeness (QED) is 0.663. The molecule has 0 N–H and O–H groups in total. The first-order valence-electron chi connectivity index (χ1n) is 5.41. The van der Waals surface area contributed by atoms with Gasteiger partial charge in [-0.05, 0) is 11.6 Å². The minimum Gasteiger partial charge on any atom is -0.296 e. The summed E-state index contributed by atoms with van der Waals surface area (Å²) in [6.45, 7) is 0.577. The molecular weight excluding hydrogens is 214 g/mol. The van der Waals surface area contributed by atoms with Crippen molar-refractivity contribution in [2.75, 3.05) is 0 Å². The highest BCUT2D eigenvalue weighted by Gasteiger charge is 2.02. The maximum absolute atomic E-state index is 12.1. The Balaban J connectivity index is 2.07. The van der Waals surface area contributed by atoms with Crippen molar-refractivity contribution in [2.24, 2.45) is 0 Å². The van der Waals surface area contributed by atoms with E-state index in [0.29, 0.717) is 12.2 Å². The first-order chi connectivity index (χ1) is 8.34. The van der Waals surface area contributed by atoms with E-state index in [1.807, 2.05) is 36.4 Å². The van der Waals surface area contributed by atoms with Gasteiger partial charge in [0, 0.05) is 18.6 Å². The van der Waals surface area contributed by atoms with Crippen LogP contribution in [0.3, 0.4) is 0 Å². The molecule has 0 aliphatic rings. The third-order valence-corrected chi connectivity index (χ3v) is 2.72. The summed E-state index contributed by atoms with van der Waals surface area (Å²) in [4.78, 5) is 16.2. The fourth-order valence-electron chi connectivity index (χ4n) is 1.86. The Bertz CT molecular complexity index is 697. The smallest absolute Gasteiger partial charge is 0.296 e. The number of aromatic nitrogens is 3. The van der Waals surface area contributed by atoms with Crippen molar-refractivity contribution in [1.82, 2.24) is 14.0 Å². The molecule has 2 aromatic heterocycles. The van der Waals surface area contributed by atoms with Gasteiger partial charge in [0.15, 0.2) is 0 Å². The van der Waals surface area contributed by atoms with Gasteiger partial charge in [0.25, 0.3) is 0 Å². The minimum atomic E-state index is -0.0659. The maximum Gasteiger partial charge on any atom is 0.334 e. The van der Waals surface area contributed by atoms with Crippen molar-refractivity contribution < 1.29 is 0 Å². The van der Waals surface area contributed by atoms with Gasteiger partial charge in [-0.1, -0.05) is 30.3 Å². The number of imidazole rings is 1. The largest absolute Gasteiger partial charge is 0.334 e. The van der Waals surface area contributed by atoms with Crippen LogP contribution in [0.1, 0.15) is 5.56 Å². The van der Waals surface area contributed by atoms with Crippen LogP contribution in [0.5, 0.6) is 0 Å². The zero-order valence-electron chi connectivity index (χ0n) is 9.15. The van der Waals surface area contributed by atoms with E-state index < -0.39 is 0 Å². The van der Waals surface area contributed by atoms with Gasteiger partial charge in [0.2, 0.25) is 0 Å². The molecule has 84 valence electrons. The first kappa shape index (κ1) is 9.84. The van der Waals surface area contributed by atoms with E-state index in [2.05, 4.69) is 4.98 Å². The van der Waals surface area contributed by atoms with E-state index in [-0.39, 0.29) is 5.69 Å². The number of nitrogens with zero attached hydrogens (tertiary/aromatic N) is 3. The molecule has 0 saturated carbocycles. The number of hydrogen-bond donors (Lipinski definition) is 0. The van der Waals surface area contributed by atoms with Gasteiger partial charge in [-0.3, -0.25) is 8.97 Å². The molecule has 0 fully saturated rings. The van der Waals surface area contributed by atoms with Gasteiger partial charge in [-0.15, -0.1) is 0 Å². The van der Waals surface area contributed by atoms with Crippen LogP contribution in [-0.4, -0.2) is 14.0 Å². The van der Waals surface area contributed by atoms with Crippen molar-refractivity contribution in [3.8, 4) is 0 Å². The van der Waals surface area contributed by atoms with Crippen LogP contribution in [0.4, 0.5) is 0 Å². The molecule has 0 unspecified atom stereocenters. The van der Waals surface area contributed by atoms with Crippen molar-refractivity contribution >= 4 is 5.65 Å². The molecule has 0 aliphatic carbocycles. The van der Waals surface area contributed by atoms with Crippen LogP contribution < -0.4 is 5.69 Å². The second-order valence-electron chi connectivity index (χ2n) is 3.87. The molecule has 0 spiro atoms. The lowest BCUT2D eigenvalue weighted by molar-refractivity contribution is 0.714. The van der Waals surface area contributed by atoms with Crippen molar-refractivity contribution in [3.05, 3.63) is 71.0 Å². The average Bonchev–Trinajstić information content (AvgIpc) is 2.83. The van der Waals surface area contributed by atoms with E-state index in [0.717, 1.165) is 5.56 Å². The summed E-state index contributed by atoms with van der Waals surface area (Å²) in [7, 11) is 0. The molecule has 3 rings (SSSR count). The summed E-state index contributed by atoms with van der Waals surface area (Å²) < 4.78 is 3.22. The van der Waals surface area contributed by atoms with Gasteiger partial charge in [0.05, 0.1) is 6.54 Å². The normalized spacial score (nSPS) is 10.8. The predicted molar refractivity (Wildman–Crippen MR) is 65.0 cm³/mol. The SMILES string of the molecule is O=c1n(Cc2ccccc2)ccc2nccn12. The average molecular weight is 225 g/mol. The summed E-state index contributed by atoms with van der Waals surface area (Å²) in [6.07, 6.45) is 5.08. The van der Waals surface area contributed by atoms with Crippen molar-refractivity contribution in [1.29, 1.82) is 0 Å². The third-order valence-electron chi connectivity index (χ3n) is 2.72. The van der Waals surface area contributed by atoms with E-state index in [1.165, 1.54) is 0 Å². The van der Waals surface area contributed by atoms with Crippen molar-refractivity contribution in [2.45, 2.75) is 6.54 Å². The molecule has 1 aromatic carbocycles. The van der Waals surface area contributed by atoms with Crippen LogP contribution in [0.15, 0.2) is 59.8 Å². The monoisotopic (exact) mass is 225 g/mol. The lowest BCUT2D eigenvalue weighted by atomic mass is 10.2. The number of fused-ring (bicyclic) bond motifs is 1. The molecule has 2 heterocycles. The molecule has 4 heteroatoms. The summed E-state index contributed by atoms with van der Waals surface area (Å²) in [5, 5.41) is 0. The predicted octanol–water partition coefficient (Wildman–Crippen LogP) is 1.54. The fraction of sp³-hybridized carbons (Fsp3) is 0.0769. The molecule has 3 aromatic rings. The van der Waals surface area contributed by atoms with Gasteiger partial charge >= 0.3 is 5.69 Å². The van der Waals surface area contributed by atoms with Crippen LogP contribution in [0.25, 0.3) is 5.65 Å². The van der Waals surface area contributed by atoms with Crippen LogP contribution in [0, 0.1) is 0 Å². The topological polar surface area (TPSA) is 39.3 Å². The minimum absolute atomic E-state index is 0.0659. The second kappa shape index (κ2) is 3.90. The highest BCUT2D eigenvalue weighted by molar-refractivity contribution is 5.35. The summed E-state index contributed by atoms with van der Waals surface area (Å²) in [5.41, 5.74) is 1.72. The van der Waals surface area contributed by atoms with Crippen LogP contribution in [-0.2, 0) is 6.54 Å². The third kappa shape index (κ3) is 1.73. The summed E-state index contributed by atoms with van der Waals surface area (Å²) in [6, 6.07) is 11.7. The van der Waals surface area contributed by atoms with Crippen molar-refractivity contribution in [3.63, 3.8) is 0 Å². The molecule has 0 saturated heterocycles. The molecule has 4 nitrogen and oxygen atoms in total. The zero-order chi connectivity index (χ0) is 11.7. The number of rotatable bonds is 2. The highest BCUT2D eigenvalue weighted by atomic mass is 16.1. The Morgan fingerprint density at radius 1 is 1.06 bits per heavy atom. The molecule has 0 radical (unpaired) electrons. The summed E-state index contributed by atoms with van der Waals surface area (Å²) in [5.74, 6) is 0. The molecular formula is C13H11N3O. The highest BCUT2D eigenvalue weighted by Crippen LogP contribution is 2.01. The molecule has 0 amide bonds. The Kier molecular flexibility index (Phi) is 2.26. The van der Waals surface area contributed by atoms with Gasteiger partial charge in [0.1, 0.15) is 5.65 Å². The van der Waals surface area contributed by atoms with E-state index in [4.69, 9.17) is 0 Å². The fourth-order valence-corrected chi connectivity index (χ4v) is 1.86. The van der Waals surface area contributed by atoms with Gasteiger partial charge in [-0.25, -0.2) is 9.78 Å². The Morgan fingerprint density at radius 3 is 2.71 bits per heavy atom. The van der Waals surface area contributed by atoms with E-state index in [1.54, 1.807) is 27.6 Å². The zero-order valence-corrected chi connectivity index (χ0v) is 9.15. The Hall–Kier alpha value is -2.36. The lowest BCUT2D eigenvalue weighted by Gasteiger charge is -2.05. The Morgan fingerprint density at radius 2 is 1.88 bits per heavy atom. The summed E-state index contributed by atoms with van der Waals surface area (Å²) >= 11 is 0. The van der Waals surface area contributed by atoms with Crippen LogP contribution in [0.2, 0.25) is 0 Å². The molecule has 0 atom stereocenters. The second-order valence-corrected chi connectivity index (χ2v) is 3.87. The first-order valence-corrected chi connectivity index (χ1v) is 5.41. The lowest BCUT2D eigenvalue weighted by Crippen LogP contribution is -2.25. The maximum atomic E-state index is 12.1. The molecule has 17 heavy (non-hydrogen) atoms. The van der Waals surface area contributed by atoms with E-state index >= 15 is 0 Å². The van der Waals surface area contributed by atoms with Crippen LogP contribution >= 0.6 is 0 Å². The molecule has 0 bridgehead atoms. The number of benzene rings is 1. The molecule has 0 aliphatic heterocycles. The van der Waals surface area contributed by atoms with Gasteiger partial charge < -0.3 is 0 Å². The number of hydrogen-bond acceptors (Lipinski definition) is 2. The standard InChI is InChI=1S/C13H11N3O/c17-13-15(10-11-4-2-1-3-5-11)8-6-12-14-7-9-16(12)13/h1-9H,10H2. The van der Waals surface area contributed by atoms with Gasteiger partial charge in [-0.2, -0.15) is 0 Å². The van der Waals surface area contributed by atoms with E-state index in [9.17, 15) is 4.79 Å². The Labute approximate surface area is 97.8 Å².